The number of rotatable bonds is 6. The van der Waals surface area contributed by atoms with Gasteiger partial charge in [0.25, 0.3) is 5.91 Å². The monoisotopic (exact) mass is 383 g/mol. The van der Waals surface area contributed by atoms with Crippen molar-refractivity contribution in [3.8, 4) is 0 Å². The van der Waals surface area contributed by atoms with Crippen molar-refractivity contribution < 1.29 is 31.9 Å². The van der Waals surface area contributed by atoms with E-state index in [4.69, 9.17) is 4.74 Å². The third-order valence-corrected chi connectivity index (χ3v) is 3.66. The molecule has 4 nitrogen and oxygen atoms in total. The van der Waals surface area contributed by atoms with Crippen LogP contribution in [0.15, 0.2) is 48.5 Å². The van der Waals surface area contributed by atoms with Crippen molar-refractivity contribution in [2.24, 2.45) is 0 Å². The van der Waals surface area contributed by atoms with Crippen LogP contribution in [0.2, 0.25) is 0 Å². The maximum Gasteiger partial charge on any atom is 0.416 e. The summed E-state index contributed by atoms with van der Waals surface area (Å²) in [7, 11) is 0. The number of carbonyl (C=O) groups excluding carboxylic acids is 2. The molecule has 144 valence electrons. The molecule has 27 heavy (non-hydrogen) atoms. The van der Waals surface area contributed by atoms with Gasteiger partial charge in [-0.15, -0.1) is 0 Å². The lowest BCUT2D eigenvalue weighted by atomic mass is 10.1. The molecule has 2 rings (SSSR count). The molecule has 1 amide bonds. The van der Waals surface area contributed by atoms with Gasteiger partial charge in [-0.3, -0.25) is 9.59 Å². The molecular formula is C19H17F4NO3. The van der Waals surface area contributed by atoms with Crippen molar-refractivity contribution in [2.75, 3.05) is 0 Å². The number of esters is 1. The van der Waals surface area contributed by atoms with E-state index >= 15 is 0 Å². The van der Waals surface area contributed by atoms with Crippen LogP contribution in [0.4, 0.5) is 17.6 Å². The van der Waals surface area contributed by atoms with Crippen LogP contribution < -0.4 is 5.32 Å². The van der Waals surface area contributed by atoms with E-state index in [1.165, 1.54) is 43.3 Å². The van der Waals surface area contributed by atoms with Gasteiger partial charge in [-0.05, 0) is 36.2 Å². The summed E-state index contributed by atoms with van der Waals surface area (Å²) in [4.78, 5) is 23.8. The Morgan fingerprint density at radius 1 is 1.07 bits per heavy atom. The number of hydrogen-bond acceptors (Lipinski definition) is 3. The Hall–Kier alpha value is -2.90. The van der Waals surface area contributed by atoms with E-state index in [9.17, 15) is 27.2 Å². The topological polar surface area (TPSA) is 55.4 Å². The SMILES string of the molecule is CC(OC(=O)Cc1cccc(C(F)(F)F)c1)C(=O)NCc1ccc(F)cc1. The lowest BCUT2D eigenvalue weighted by Gasteiger charge is -2.14. The predicted molar refractivity (Wildman–Crippen MR) is 88.9 cm³/mol. The highest BCUT2D eigenvalue weighted by Crippen LogP contribution is 2.29. The number of hydrogen-bond donors (Lipinski definition) is 1. The van der Waals surface area contributed by atoms with Crippen molar-refractivity contribution in [2.45, 2.75) is 32.2 Å². The lowest BCUT2D eigenvalue weighted by Crippen LogP contribution is -2.35. The van der Waals surface area contributed by atoms with Crippen LogP contribution >= 0.6 is 0 Å². The highest BCUT2D eigenvalue weighted by molar-refractivity contribution is 5.83. The van der Waals surface area contributed by atoms with Crippen molar-refractivity contribution in [3.63, 3.8) is 0 Å². The molecule has 0 aliphatic carbocycles. The van der Waals surface area contributed by atoms with Gasteiger partial charge in [0.2, 0.25) is 0 Å². The number of nitrogens with one attached hydrogen (secondary N) is 1. The standard InChI is InChI=1S/C19H17F4NO3/c1-12(18(26)24-11-13-5-7-16(20)8-6-13)27-17(25)10-14-3-2-4-15(9-14)19(21,22)23/h2-9,12H,10-11H2,1H3,(H,24,26). The summed E-state index contributed by atoms with van der Waals surface area (Å²) in [6.45, 7) is 1.47. The van der Waals surface area contributed by atoms with E-state index in [1.807, 2.05) is 0 Å². The fourth-order valence-electron chi connectivity index (χ4n) is 2.25. The Kier molecular flexibility index (Phi) is 6.55. The third-order valence-electron chi connectivity index (χ3n) is 3.66. The average Bonchev–Trinajstić information content (AvgIpc) is 2.60. The van der Waals surface area contributed by atoms with Crippen LogP contribution in [0.1, 0.15) is 23.6 Å². The molecule has 0 spiro atoms. The third kappa shape index (κ3) is 6.40. The van der Waals surface area contributed by atoms with Gasteiger partial charge in [0, 0.05) is 6.54 Å². The summed E-state index contributed by atoms with van der Waals surface area (Å²) in [6, 6.07) is 9.83. The lowest BCUT2D eigenvalue weighted by molar-refractivity contribution is -0.154. The minimum absolute atomic E-state index is 0.120. The molecule has 1 atom stereocenters. The molecule has 0 saturated carbocycles. The van der Waals surface area contributed by atoms with Gasteiger partial charge < -0.3 is 10.1 Å². The molecule has 0 radical (unpaired) electrons. The van der Waals surface area contributed by atoms with Crippen LogP contribution in [0.3, 0.4) is 0 Å². The highest BCUT2D eigenvalue weighted by Gasteiger charge is 2.30. The number of carbonyl (C=O) groups is 2. The molecule has 0 saturated heterocycles. The van der Waals surface area contributed by atoms with Gasteiger partial charge in [0.1, 0.15) is 5.82 Å². The maximum absolute atomic E-state index is 12.8. The number of halogens is 4. The van der Waals surface area contributed by atoms with Crippen LogP contribution in [-0.2, 0) is 33.5 Å². The fourth-order valence-corrected chi connectivity index (χ4v) is 2.25. The smallest absolute Gasteiger partial charge is 0.416 e. The van der Waals surface area contributed by atoms with E-state index < -0.39 is 35.5 Å². The molecule has 2 aromatic carbocycles. The molecule has 0 bridgehead atoms. The largest absolute Gasteiger partial charge is 0.452 e. The van der Waals surface area contributed by atoms with E-state index in [-0.39, 0.29) is 18.5 Å². The van der Waals surface area contributed by atoms with E-state index in [2.05, 4.69) is 5.32 Å². The Morgan fingerprint density at radius 3 is 2.37 bits per heavy atom. The first-order valence-corrected chi connectivity index (χ1v) is 8.03. The molecule has 2 aromatic rings. The van der Waals surface area contributed by atoms with Gasteiger partial charge in [-0.2, -0.15) is 13.2 Å². The second kappa shape index (κ2) is 8.66. The van der Waals surface area contributed by atoms with Gasteiger partial charge in [0.05, 0.1) is 12.0 Å². The second-order valence-electron chi connectivity index (χ2n) is 5.85. The first-order valence-electron chi connectivity index (χ1n) is 8.03. The Bertz CT molecular complexity index is 803. The molecule has 8 heteroatoms. The van der Waals surface area contributed by atoms with Crippen molar-refractivity contribution in [1.82, 2.24) is 5.32 Å². The fraction of sp³-hybridized carbons (Fsp3) is 0.263. The van der Waals surface area contributed by atoms with Gasteiger partial charge in [0.15, 0.2) is 6.10 Å². The highest BCUT2D eigenvalue weighted by atomic mass is 19.4. The average molecular weight is 383 g/mol. The first kappa shape index (κ1) is 20.4. The summed E-state index contributed by atoms with van der Waals surface area (Å²) in [5.74, 6) is -1.79. The minimum Gasteiger partial charge on any atom is -0.452 e. The zero-order valence-corrected chi connectivity index (χ0v) is 14.3. The Balaban J connectivity index is 1.85. The van der Waals surface area contributed by atoms with Crippen molar-refractivity contribution in [1.29, 1.82) is 0 Å². The number of benzene rings is 2. The predicted octanol–water partition coefficient (Wildman–Crippen LogP) is 3.64. The number of amides is 1. The molecule has 0 fully saturated rings. The Labute approximate surface area is 153 Å². The normalized spacial score (nSPS) is 12.3. The summed E-state index contributed by atoms with van der Waals surface area (Å²) >= 11 is 0. The van der Waals surface area contributed by atoms with Crippen LogP contribution in [-0.4, -0.2) is 18.0 Å². The number of alkyl halides is 3. The van der Waals surface area contributed by atoms with Crippen LogP contribution in [0, 0.1) is 5.82 Å². The molecule has 0 heterocycles. The summed E-state index contributed by atoms with van der Waals surface area (Å²) in [5.41, 5.74) is -0.0705. The van der Waals surface area contributed by atoms with Gasteiger partial charge >= 0.3 is 12.1 Å². The second-order valence-corrected chi connectivity index (χ2v) is 5.85. The van der Waals surface area contributed by atoms with Gasteiger partial charge in [-0.1, -0.05) is 30.3 Å². The molecule has 0 aliphatic rings. The van der Waals surface area contributed by atoms with E-state index in [1.54, 1.807) is 0 Å². The molecule has 1 unspecified atom stereocenters. The molecule has 0 aliphatic heterocycles. The van der Waals surface area contributed by atoms with E-state index in [0.29, 0.717) is 5.56 Å². The van der Waals surface area contributed by atoms with Gasteiger partial charge in [-0.25, -0.2) is 4.39 Å². The Morgan fingerprint density at radius 2 is 1.74 bits per heavy atom. The maximum atomic E-state index is 12.8. The van der Waals surface area contributed by atoms with Crippen LogP contribution in [0.5, 0.6) is 0 Å². The van der Waals surface area contributed by atoms with Crippen LogP contribution in [0.25, 0.3) is 0 Å². The summed E-state index contributed by atoms with van der Waals surface area (Å²) < 4.78 is 55.8. The quantitative estimate of drug-likeness (QED) is 0.612. The first-order chi connectivity index (χ1) is 12.6. The number of ether oxygens (including phenoxy) is 1. The zero-order valence-electron chi connectivity index (χ0n) is 14.3. The van der Waals surface area contributed by atoms with Crippen molar-refractivity contribution in [3.05, 3.63) is 71.0 Å². The zero-order chi connectivity index (χ0) is 20.0. The summed E-state index contributed by atoms with van der Waals surface area (Å²) in [6.07, 6.45) is -6.02. The molecule has 0 aromatic heterocycles. The van der Waals surface area contributed by atoms with E-state index in [0.717, 1.165) is 12.1 Å². The summed E-state index contributed by atoms with van der Waals surface area (Å²) in [5, 5.41) is 2.53. The molecular weight excluding hydrogens is 366 g/mol. The minimum atomic E-state index is -4.51. The molecule has 1 N–H and O–H groups in total. The van der Waals surface area contributed by atoms with Crippen molar-refractivity contribution >= 4 is 11.9 Å².